The summed E-state index contributed by atoms with van der Waals surface area (Å²) in [6.07, 6.45) is 0.864. The van der Waals surface area contributed by atoms with Gasteiger partial charge < -0.3 is 4.79 Å². The van der Waals surface area contributed by atoms with Crippen molar-refractivity contribution in [3.63, 3.8) is 0 Å². The molecule has 12 heavy (non-hydrogen) atoms. The van der Waals surface area contributed by atoms with Crippen molar-refractivity contribution in [1.82, 2.24) is 0 Å². The first-order valence-corrected chi connectivity index (χ1v) is 4.42. The van der Waals surface area contributed by atoms with Gasteiger partial charge >= 0.3 is 0 Å². The van der Waals surface area contributed by atoms with Crippen LogP contribution in [-0.2, 0) is 4.79 Å². The topological polar surface area (TPSA) is 40.9 Å². The third-order valence-electron chi connectivity index (χ3n) is 1.30. The van der Waals surface area contributed by atoms with Crippen molar-refractivity contribution in [3.05, 3.63) is 29.8 Å². The van der Waals surface area contributed by atoms with Crippen LogP contribution in [0, 0.1) is 11.3 Å². The van der Waals surface area contributed by atoms with Crippen LogP contribution < -0.4 is 0 Å². The van der Waals surface area contributed by atoms with Crippen LogP contribution in [0.4, 0.5) is 0 Å². The molecule has 0 aliphatic rings. The number of nitriles is 1. The molecule has 0 aromatic heterocycles. The van der Waals surface area contributed by atoms with Crippen LogP contribution >= 0.6 is 11.8 Å². The number of carbonyl (C=O) groups excluding carboxylic acids is 1. The molecular weight excluding hydrogens is 170 g/mol. The molecule has 60 valence electrons. The van der Waals surface area contributed by atoms with E-state index in [0.29, 0.717) is 11.3 Å². The molecule has 0 saturated heterocycles. The first-order valence-electron chi connectivity index (χ1n) is 3.43. The number of hydrogen-bond donors (Lipinski definition) is 0. The lowest BCUT2D eigenvalue weighted by Crippen LogP contribution is -1.79. The molecule has 0 saturated carbocycles. The molecule has 0 heterocycles. The van der Waals surface area contributed by atoms with E-state index in [1.807, 2.05) is 18.2 Å². The largest absolute Gasteiger partial charge is 0.302 e. The van der Waals surface area contributed by atoms with Gasteiger partial charge in [-0.05, 0) is 24.3 Å². The number of carbonyl (C=O) groups is 1. The standard InChI is InChI=1S/C9H7NOS/c10-7-8-1-3-9(4-2-8)12-6-5-11/h1-5H,6H2. The maximum atomic E-state index is 10.0. The minimum atomic E-state index is 0.464. The highest BCUT2D eigenvalue weighted by Gasteiger charge is 1.92. The smallest absolute Gasteiger partial charge is 0.130 e. The van der Waals surface area contributed by atoms with E-state index in [1.165, 1.54) is 11.8 Å². The predicted molar refractivity (Wildman–Crippen MR) is 47.9 cm³/mol. The van der Waals surface area contributed by atoms with Gasteiger partial charge in [-0.3, -0.25) is 0 Å². The summed E-state index contributed by atoms with van der Waals surface area (Å²) >= 11 is 1.46. The van der Waals surface area contributed by atoms with E-state index in [0.717, 1.165) is 11.2 Å². The molecule has 1 rings (SSSR count). The highest BCUT2D eigenvalue weighted by Crippen LogP contribution is 2.16. The van der Waals surface area contributed by atoms with Crippen LogP contribution in [0.2, 0.25) is 0 Å². The average Bonchev–Trinajstić information content (AvgIpc) is 2.15. The molecule has 0 spiro atoms. The Morgan fingerprint density at radius 1 is 1.42 bits per heavy atom. The van der Waals surface area contributed by atoms with Crippen LogP contribution in [0.5, 0.6) is 0 Å². The van der Waals surface area contributed by atoms with Gasteiger partial charge in [-0.1, -0.05) is 0 Å². The van der Waals surface area contributed by atoms with Gasteiger partial charge in [-0.2, -0.15) is 5.26 Å². The van der Waals surface area contributed by atoms with Gasteiger partial charge in [0.05, 0.1) is 17.4 Å². The van der Waals surface area contributed by atoms with Crippen LogP contribution in [0.1, 0.15) is 5.56 Å². The van der Waals surface area contributed by atoms with Gasteiger partial charge in [0.25, 0.3) is 0 Å². The molecule has 0 bridgehead atoms. The van der Waals surface area contributed by atoms with Gasteiger partial charge in [0, 0.05) is 4.90 Å². The first-order chi connectivity index (χ1) is 5.86. The van der Waals surface area contributed by atoms with Crippen molar-refractivity contribution >= 4 is 18.0 Å². The number of rotatable bonds is 3. The van der Waals surface area contributed by atoms with Crippen molar-refractivity contribution in [1.29, 1.82) is 5.26 Å². The van der Waals surface area contributed by atoms with E-state index < -0.39 is 0 Å². The fraction of sp³-hybridized carbons (Fsp3) is 0.111. The van der Waals surface area contributed by atoms with Crippen molar-refractivity contribution < 1.29 is 4.79 Å². The quantitative estimate of drug-likeness (QED) is 0.522. The highest BCUT2D eigenvalue weighted by atomic mass is 32.2. The third-order valence-corrected chi connectivity index (χ3v) is 2.21. The van der Waals surface area contributed by atoms with Crippen molar-refractivity contribution in [2.45, 2.75) is 4.90 Å². The number of thioether (sulfide) groups is 1. The van der Waals surface area contributed by atoms with E-state index in [4.69, 9.17) is 5.26 Å². The second-order valence-corrected chi connectivity index (χ2v) is 3.21. The van der Waals surface area contributed by atoms with Gasteiger partial charge in [-0.15, -0.1) is 11.8 Å². The Balaban J connectivity index is 2.66. The fourth-order valence-electron chi connectivity index (χ4n) is 0.756. The second kappa shape index (κ2) is 4.58. The van der Waals surface area contributed by atoms with Gasteiger partial charge in [0.2, 0.25) is 0 Å². The molecule has 0 N–H and O–H groups in total. The van der Waals surface area contributed by atoms with Crippen LogP contribution in [0.3, 0.4) is 0 Å². The summed E-state index contributed by atoms with van der Waals surface area (Å²) < 4.78 is 0. The molecule has 0 fully saturated rings. The second-order valence-electron chi connectivity index (χ2n) is 2.11. The van der Waals surface area contributed by atoms with Crippen molar-refractivity contribution in [2.75, 3.05) is 5.75 Å². The number of benzene rings is 1. The molecule has 1 aromatic rings. The lowest BCUT2D eigenvalue weighted by atomic mass is 10.2. The predicted octanol–water partition coefficient (Wildman–Crippen LogP) is 1.85. The zero-order valence-electron chi connectivity index (χ0n) is 6.36. The minimum Gasteiger partial charge on any atom is -0.302 e. The van der Waals surface area contributed by atoms with Crippen LogP contribution in [-0.4, -0.2) is 12.0 Å². The Labute approximate surface area is 75.2 Å². The monoisotopic (exact) mass is 177 g/mol. The number of nitrogens with zero attached hydrogens (tertiary/aromatic N) is 1. The maximum Gasteiger partial charge on any atom is 0.130 e. The average molecular weight is 177 g/mol. The Morgan fingerprint density at radius 2 is 2.08 bits per heavy atom. The Kier molecular flexibility index (Phi) is 3.36. The summed E-state index contributed by atoms with van der Waals surface area (Å²) in [5, 5.41) is 8.49. The van der Waals surface area contributed by atoms with Gasteiger partial charge in [0.15, 0.2) is 0 Å². The number of hydrogen-bond acceptors (Lipinski definition) is 3. The highest BCUT2D eigenvalue weighted by molar-refractivity contribution is 7.99. The molecule has 3 heteroatoms. The SMILES string of the molecule is N#Cc1ccc(SCC=O)cc1. The van der Waals surface area contributed by atoms with Crippen LogP contribution in [0.25, 0.3) is 0 Å². The Hall–Kier alpha value is -1.27. The summed E-state index contributed by atoms with van der Waals surface area (Å²) in [7, 11) is 0. The molecule has 0 aliphatic heterocycles. The Bertz CT molecular complexity index is 299. The van der Waals surface area contributed by atoms with E-state index >= 15 is 0 Å². The van der Waals surface area contributed by atoms with E-state index in [-0.39, 0.29) is 0 Å². The van der Waals surface area contributed by atoms with Crippen LogP contribution in [0.15, 0.2) is 29.2 Å². The van der Waals surface area contributed by atoms with Gasteiger partial charge in [-0.25, -0.2) is 0 Å². The zero-order valence-corrected chi connectivity index (χ0v) is 7.17. The van der Waals surface area contributed by atoms with E-state index in [1.54, 1.807) is 12.1 Å². The molecular formula is C9H7NOS. The lowest BCUT2D eigenvalue weighted by molar-refractivity contribution is -0.105. The maximum absolute atomic E-state index is 10.0. The van der Waals surface area contributed by atoms with Crippen molar-refractivity contribution in [3.8, 4) is 6.07 Å². The van der Waals surface area contributed by atoms with Gasteiger partial charge in [0.1, 0.15) is 6.29 Å². The summed E-state index contributed by atoms with van der Waals surface area (Å²) in [6, 6.07) is 9.20. The first kappa shape index (κ1) is 8.82. The molecule has 2 nitrogen and oxygen atoms in total. The Morgan fingerprint density at radius 3 is 2.58 bits per heavy atom. The molecule has 0 radical (unpaired) electrons. The molecule has 0 aliphatic carbocycles. The normalized spacial score (nSPS) is 8.92. The minimum absolute atomic E-state index is 0.464. The molecule has 0 amide bonds. The molecule has 0 atom stereocenters. The molecule has 1 aromatic carbocycles. The third kappa shape index (κ3) is 2.40. The number of aldehydes is 1. The summed E-state index contributed by atoms with van der Waals surface area (Å²) in [6.45, 7) is 0. The zero-order chi connectivity index (χ0) is 8.81. The lowest BCUT2D eigenvalue weighted by Gasteiger charge is -1.95. The molecule has 0 unspecified atom stereocenters. The van der Waals surface area contributed by atoms with E-state index in [9.17, 15) is 4.79 Å². The van der Waals surface area contributed by atoms with E-state index in [2.05, 4.69) is 0 Å². The fourth-order valence-corrected chi connectivity index (χ4v) is 1.34. The van der Waals surface area contributed by atoms with Crippen molar-refractivity contribution in [2.24, 2.45) is 0 Å². The summed E-state index contributed by atoms with van der Waals surface area (Å²) in [4.78, 5) is 11.0. The summed E-state index contributed by atoms with van der Waals surface area (Å²) in [5.41, 5.74) is 0.644. The summed E-state index contributed by atoms with van der Waals surface area (Å²) in [5.74, 6) is 0.464.